The third-order valence-electron chi connectivity index (χ3n) is 20.7. The third-order valence-corrected chi connectivity index (χ3v) is 20.7. The quantitative estimate of drug-likeness (QED) is 0.0579. The molecule has 694 valence electrons. The molecule has 6 aliphatic rings. The maximum absolute atomic E-state index is 12.0. The topological polar surface area (TPSA) is 422 Å². The Bertz CT molecular complexity index is 2990. The maximum atomic E-state index is 12.0. The van der Waals surface area contributed by atoms with Crippen molar-refractivity contribution >= 4 is 94.0 Å². The molecule has 36 nitrogen and oxygen atoms in total. The van der Waals surface area contributed by atoms with Crippen molar-refractivity contribution in [3.8, 4) is 0 Å². The molecule has 6 unspecified atom stereocenters. The highest BCUT2D eigenvalue weighted by atomic mass is 16.6. The number of Topliss-reactive ketones (excluding diaryl/α,β-unsaturated/α-hetero) is 4. The summed E-state index contributed by atoms with van der Waals surface area (Å²) >= 11 is 0. The number of unbranched alkanes of at least 4 members (excludes halogenated alkanes) is 5. The molecule has 0 aromatic carbocycles. The lowest BCUT2D eigenvalue weighted by Crippen LogP contribution is -2.32. The normalized spacial score (nSPS) is 19.3. The van der Waals surface area contributed by atoms with Crippen molar-refractivity contribution in [2.75, 3.05) is 224 Å². The number of nitrogens with zero attached hydrogens (tertiary/aromatic N) is 6. The minimum absolute atomic E-state index is 0.0153. The van der Waals surface area contributed by atoms with Crippen molar-refractivity contribution in [3.63, 3.8) is 0 Å². The van der Waals surface area contributed by atoms with E-state index in [1.165, 1.54) is 29.4 Å². The Hall–Kier alpha value is -7.04. The van der Waals surface area contributed by atoms with Crippen LogP contribution in [0.2, 0.25) is 0 Å². The molecule has 6 heterocycles. The molecule has 36 heteroatoms. The van der Waals surface area contributed by atoms with Gasteiger partial charge in [0, 0.05) is 191 Å². The molecule has 0 bridgehead atoms. The molecular formula is C86H140N6O30. The van der Waals surface area contributed by atoms with E-state index in [9.17, 15) is 76.7 Å². The molecule has 6 rings (SSSR count). The first-order valence-electron chi connectivity index (χ1n) is 44.0. The Kier molecular flexibility index (Phi) is 57.6. The zero-order chi connectivity index (χ0) is 89.1. The van der Waals surface area contributed by atoms with Crippen molar-refractivity contribution in [3.05, 3.63) is 0 Å². The summed E-state index contributed by atoms with van der Waals surface area (Å²) in [6.45, 7) is 25.0. The number of ether oxygens (including phenoxy) is 14. The summed E-state index contributed by atoms with van der Waals surface area (Å²) in [5.74, 6) is -3.14. The van der Waals surface area contributed by atoms with Gasteiger partial charge in [-0.25, -0.2) is 0 Å². The lowest BCUT2D eigenvalue weighted by atomic mass is 10.1. The minimum Gasteiger partial charge on any atom is -0.379 e. The van der Waals surface area contributed by atoms with Gasteiger partial charge in [-0.1, -0.05) is 54.4 Å². The molecule has 0 N–H and O–H groups in total. The molecule has 6 saturated heterocycles. The van der Waals surface area contributed by atoms with Gasteiger partial charge in [-0.05, 0) is 51.4 Å². The van der Waals surface area contributed by atoms with Crippen molar-refractivity contribution in [1.29, 1.82) is 0 Å². The molecule has 0 aromatic rings. The van der Waals surface area contributed by atoms with Gasteiger partial charge >= 0.3 is 0 Å². The van der Waals surface area contributed by atoms with Crippen LogP contribution < -0.4 is 0 Å². The van der Waals surface area contributed by atoms with Crippen LogP contribution in [0, 0.1) is 35.5 Å². The van der Waals surface area contributed by atoms with Crippen LogP contribution in [-0.2, 0) is 143 Å². The number of carbonyl (C=O) groups is 16. The number of rotatable bonds is 73. The van der Waals surface area contributed by atoms with Gasteiger partial charge in [-0.3, -0.25) is 106 Å². The highest BCUT2D eigenvalue weighted by Gasteiger charge is 2.40. The van der Waals surface area contributed by atoms with E-state index in [2.05, 4.69) is 0 Å². The molecule has 0 spiro atoms. The predicted octanol–water partition coefficient (Wildman–Crippen LogP) is 4.86. The van der Waals surface area contributed by atoms with Crippen LogP contribution in [0.4, 0.5) is 0 Å². The van der Waals surface area contributed by atoms with Crippen LogP contribution >= 0.6 is 0 Å². The monoisotopic (exact) mass is 1740 g/mol. The molecule has 12 amide bonds. The molecule has 0 radical (unpaired) electrons. The van der Waals surface area contributed by atoms with E-state index in [0.717, 1.165) is 38.5 Å². The third kappa shape index (κ3) is 45.7. The number of likely N-dealkylation sites (tertiary alicyclic amines) is 6. The second-order valence-electron chi connectivity index (χ2n) is 31.2. The first kappa shape index (κ1) is 107. The smallest absolute Gasteiger partial charge is 0.232 e. The van der Waals surface area contributed by atoms with E-state index < -0.39 is 0 Å². The molecule has 0 aromatic heterocycles. The number of hydrogen-bond acceptors (Lipinski definition) is 30. The number of ketones is 4. The molecule has 6 fully saturated rings. The average Bonchev–Trinajstić information content (AvgIpc) is 1.75. The first-order valence-corrected chi connectivity index (χ1v) is 44.0. The standard InChI is InChI=1S/C42H72N2O17.C28H44N2O9.C16H24N2O4/c1-35-33-39(47)43(41(35)49)9-7-37(45)5-3-11-51-13-15-53-17-19-55-21-23-57-25-27-59-29-31-61-32-30-60-28-26-58-24-22-56-20-18-54-16-14-52-12-4-6-38(46)8-10-44-40(48)34-36(2)42(44)50;1-21-19-25(33)29(27(21)35)11-9-23(31)7-3-5-13-37-15-17-39-18-16-38-14-6-4-8-24(32)10-12-30-26(34)20-22(2)28(30)36;1-11-9-13(19)17(15(11)21)7-5-3-4-6-8-18-14(20)10-12(2)16(18)22/h35-36H,3-34H2,1-2H3;21-22H,3-20H2,1-2H3;11-12H,3-10H2,1-2H3. The second kappa shape index (κ2) is 65.5. The van der Waals surface area contributed by atoms with Crippen LogP contribution in [0.1, 0.15) is 196 Å². The highest BCUT2D eigenvalue weighted by molar-refractivity contribution is 6.06. The number of imide groups is 6. The zero-order valence-electron chi connectivity index (χ0n) is 73.4. The van der Waals surface area contributed by atoms with Crippen LogP contribution in [0.25, 0.3) is 0 Å². The second-order valence-corrected chi connectivity index (χ2v) is 31.2. The predicted molar refractivity (Wildman–Crippen MR) is 438 cm³/mol. The summed E-state index contributed by atoms with van der Waals surface area (Å²) < 4.78 is 76.7. The average molecular weight is 1740 g/mol. The molecule has 0 saturated carbocycles. The van der Waals surface area contributed by atoms with Gasteiger partial charge in [0.15, 0.2) is 0 Å². The van der Waals surface area contributed by atoms with Crippen molar-refractivity contribution in [2.45, 2.75) is 196 Å². The van der Waals surface area contributed by atoms with E-state index >= 15 is 0 Å². The maximum Gasteiger partial charge on any atom is 0.232 e. The van der Waals surface area contributed by atoms with Crippen LogP contribution in [0.15, 0.2) is 0 Å². The van der Waals surface area contributed by atoms with Crippen molar-refractivity contribution in [2.24, 2.45) is 35.5 Å². The molecule has 6 atom stereocenters. The largest absolute Gasteiger partial charge is 0.379 e. The van der Waals surface area contributed by atoms with Gasteiger partial charge in [-0.15, -0.1) is 0 Å². The Morgan fingerprint density at radius 2 is 0.336 bits per heavy atom. The highest BCUT2D eigenvalue weighted by Crippen LogP contribution is 2.25. The number of amides is 12. The Morgan fingerprint density at radius 3 is 0.500 bits per heavy atom. The van der Waals surface area contributed by atoms with Crippen LogP contribution in [0.3, 0.4) is 0 Å². The SMILES string of the molecule is CC1CC(=O)N(CCC(=O)CCCCOCCOCCOCCCCC(=O)CCN2C(=O)CC(C)C2=O)C1=O.CC1CC(=O)N(CCC(=O)CCCOCCOCCOCCOCCOCCOCCOCCOCCOCCOCCOCCCC(=O)CCN2C(=O)CC(C)C2=O)C1=O.CC1CC(=O)N(CCCCCCN2C(=O)CC(C)C2=O)C1=O. The fraction of sp³-hybridized carbons (Fsp3) is 0.814. The summed E-state index contributed by atoms with van der Waals surface area (Å²) in [5.41, 5.74) is 0. The van der Waals surface area contributed by atoms with Crippen molar-refractivity contribution in [1.82, 2.24) is 29.4 Å². The van der Waals surface area contributed by atoms with Crippen LogP contribution in [-0.4, -0.2) is 348 Å². The van der Waals surface area contributed by atoms with Crippen LogP contribution in [0.5, 0.6) is 0 Å². The molecular weight excluding hydrogens is 1600 g/mol. The van der Waals surface area contributed by atoms with Gasteiger partial charge in [-0.2, -0.15) is 0 Å². The fourth-order valence-corrected chi connectivity index (χ4v) is 13.5. The lowest BCUT2D eigenvalue weighted by molar-refractivity contribution is -0.141. The van der Waals surface area contributed by atoms with E-state index in [4.69, 9.17) is 66.3 Å². The minimum atomic E-state index is -0.287. The summed E-state index contributed by atoms with van der Waals surface area (Å²) in [7, 11) is 0. The van der Waals surface area contributed by atoms with Gasteiger partial charge in [0.25, 0.3) is 0 Å². The lowest BCUT2D eigenvalue weighted by Gasteiger charge is -2.15. The van der Waals surface area contributed by atoms with Crippen molar-refractivity contribution < 1.29 is 143 Å². The van der Waals surface area contributed by atoms with E-state index in [1.807, 2.05) is 0 Å². The number of hydrogen-bond donors (Lipinski definition) is 0. The molecule has 6 aliphatic heterocycles. The zero-order valence-corrected chi connectivity index (χ0v) is 73.4. The van der Waals surface area contributed by atoms with E-state index in [-0.39, 0.29) is 207 Å². The van der Waals surface area contributed by atoms with E-state index in [1.54, 1.807) is 41.5 Å². The van der Waals surface area contributed by atoms with Gasteiger partial charge in [0.1, 0.15) is 23.1 Å². The summed E-state index contributed by atoms with van der Waals surface area (Å²) in [4.78, 5) is 197. The Labute approximate surface area is 718 Å². The first-order chi connectivity index (χ1) is 58.8. The fourth-order valence-electron chi connectivity index (χ4n) is 13.5. The van der Waals surface area contributed by atoms with E-state index in [0.29, 0.717) is 262 Å². The summed E-state index contributed by atoms with van der Waals surface area (Å²) in [6.07, 6.45) is 11.3. The summed E-state index contributed by atoms with van der Waals surface area (Å²) in [6, 6.07) is 0. The van der Waals surface area contributed by atoms with Gasteiger partial charge in [0.05, 0.1) is 159 Å². The summed E-state index contributed by atoms with van der Waals surface area (Å²) in [5, 5.41) is 0. The Morgan fingerprint density at radius 1 is 0.189 bits per heavy atom. The molecule has 0 aliphatic carbocycles. The van der Waals surface area contributed by atoms with Gasteiger partial charge < -0.3 is 66.3 Å². The number of carbonyl (C=O) groups excluding carboxylic acids is 16. The van der Waals surface area contributed by atoms with Gasteiger partial charge in [0.2, 0.25) is 70.9 Å². The molecule has 122 heavy (non-hydrogen) atoms. The Balaban J connectivity index is 0.000000432.